The zero-order valence-corrected chi connectivity index (χ0v) is 18.7. The van der Waals surface area contributed by atoms with Crippen molar-refractivity contribution in [2.24, 2.45) is 0 Å². The van der Waals surface area contributed by atoms with E-state index >= 15 is 0 Å². The molecule has 1 amide bonds. The highest BCUT2D eigenvalue weighted by Crippen LogP contribution is 2.27. The van der Waals surface area contributed by atoms with Gasteiger partial charge in [-0.15, -0.1) is 0 Å². The number of ether oxygens (including phenoxy) is 1. The largest absolute Gasteiger partial charge is 0.497 e. The summed E-state index contributed by atoms with van der Waals surface area (Å²) >= 11 is 0. The molecule has 3 rings (SSSR count). The molecule has 0 radical (unpaired) electrons. The number of nitrogens with one attached hydrogen (secondary N) is 2. The Morgan fingerprint density at radius 3 is 2.35 bits per heavy atom. The van der Waals surface area contributed by atoms with Crippen LogP contribution >= 0.6 is 0 Å². The van der Waals surface area contributed by atoms with E-state index in [4.69, 9.17) is 9.15 Å². The molecule has 0 fully saturated rings. The Balaban J connectivity index is 1.92. The molecule has 8 heteroatoms. The number of carbonyl (C=O) groups is 1. The van der Waals surface area contributed by atoms with Gasteiger partial charge in [-0.2, -0.15) is 0 Å². The molecule has 3 aromatic rings. The number of hydrogen-bond acceptors (Lipinski definition) is 5. The molecule has 0 saturated heterocycles. The van der Waals surface area contributed by atoms with Crippen LogP contribution < -0.4 is 14.8 Å². The molecule has 31 heavy (non-hydrogen) atoms. The molecule has 0 saturated carbocycles. The quantitative estimate of drug-likeness (QED) is 0.532. The van der Waals surface area contributed by atoms with Gasteiger partial charge in [-0.3, -0.25) is 9.52 Å². The van der Waals surface area contributed by atoms with Gasteiger partial charge in [-0.05, 0) is 62.7 Å². The van der Waals surface area contributed by atoms with Crippen LogP contribution in [-0.2, 0) is 10.0 Å². The first-order valence-corrected chi connectivity index (χ1v) is 11.4. The van der Waals surface area contributed by atoms with Gasteiger partial charge in [0.15, 0.2) is 0 Å². The van der Waals surface area contributed by atoms with Crippen molar-refractivity contribution in [2.45, 2.75) is 38.1 Å². The van der Waals surface area contributed by atoms with Crippen LogP contribution in [0.3, 0.4) is 0 Å². The van der Waals surface area contributed by atoms with Crippen LogP contribution in [0.2, 0.25) is 0 Å². The average Bonchev–Trinajstić information content (AvgIpc) is 3.18. The molecule has 1 unspecified atom stereocenters. The van der Waals surface area contributed by atoms with E-state index < -0.39 is 15.9 Å². The van der Waals surface area contributed by atoms with Crippen molar-refractivity contribution in [1.29, 1.82) is 0 Å². The highest BCUT2D eigenvalue weighted by Gasteiger charge is 2.22. The number of sulfonamides is 1. The maximum atomic E-state index is 13.1. The van der Waals surface area contributed by atoms with Gasteiger partial charge in [0.1, 0.15) is 17.3 Å². The van der Waals surface area contributed by atoms with Crippen LogP contribution in [-0.4, -0.2) is 21.4 Å². The molecule has 0 bridgehead atoms. The van der Waals surface area contributed by atoms with Gasteiger partial charge in [-0.25, -0.2) is 8.42 Å². The van der Waals surface area contributed by atoms with Crippen molar-refractivity contribution in [3.05, 3.63) is 77.2 Å². The topological polar surface area (TPSA) is 97.6 Å². The molecular formula is C23H26N2O5S. The SMILES string of the molecule is CCC(NC(=O)c1cc(OC)ccc1NS(=O)(=O)c1ccc(C)cc1)c1ccc(C)o1. The number of furan rings is 1. The Bertz CT molecular complexity index is 1170. The third kappa shape index (κ3) is 5.27. The lowest BCUT2D eigenvalue weighted by atomic mass is 10.1. The standard InChI is InChI=1S/C23H26N2O5S/c1-5-20(22-13-8-16(3)30-22)24-23(26)19-14-17(29-4)9-12-21(19)25-31(27,28)18-10-6-15(2)7-11-18/h6-14,20,25H,5H2,1-4H3,(H,24,26). The number of methoxy groups -OCH3 is 1. The molecule has 7 nitrogen and oxygen atoms in total. The third-order valence-electron chi connectivity index (χ3n) is 4.87. The summed E-state index contributed by atoms with van der Waals surface area (Å²) in [4.78, 5) is 13.2. The van der Waals surface area contributed by atoms with E-state index in [2.05, 4.69) is 10.0 Å². The maximum absolute atomic E-state index is 13.1. The Hall–Kier alpha value is -3.26. The van der Waals surface area contributed by atoms with E-state index in [1.54, 1.807) is 18.2 Å². The van der Waals surface area contributed by atoms with E-state index in [1.165, 1.54) is 31.4 Å². The molecule has 0 aliphatic heterocycles. The minimum atomic E-state index is -3.88. The fourth-order valence-electron chi connectivity index (χ4n) is 3.10. The number of hydrogen-bond donors (Lipinski definition) is 2. The number of anilines is 1. The van der Waals surface area contributed by atoms with Crippen molar-refractivity contribution in [1.82, 2.24) is 5.32 Å². The average molecular weight is 443 g/mol. The molecule has 2 aromatic carbocycles. The Kier molecular flexibility index (Phi) is 6.70. The maximum Gasteiger partial charge on any atom is 0.261 e. The first-order valence-electron chi connectivity index (χ1n) is 9.88. The Morgan fingerprint density at radius 1 is 1.06 bits per heavy atom. The first kappa shape index (κ1) is 22.4. The number of amides is 1. The monoisotopic (exact) mass is 442 g/mol. The lowest BCUT2D eigenvalue weighted by Crippen LogP contribution is -2.29. The Morgan fingerprint density at radius 2 is 1.77 bits per heavy atom. The van der Waals surface area contributed by atoms with E-state index in [-0.39, 0.29) is 22.2 Å². The summed E-state index contributed by atoms with van der Waals surface area (Å²) in [7, 11) is -2.40. The molecule has 2 N–H and O–H groups in total. The second-order valence-corrected chi connectivity index (χ2v) is 8.90. The van der Waals surface area contributed by atoms with Gasteiger partial charge in [0, 0.05) is 0 Å². The predicted octanol–water partition coefficient (Wildman–Crippen LogP) is 4.59. The van der Waals surface area contributed by atoms with Crippen molar-refractivity contribution in [3.8, 4) is 5.75 Å². The van der Waals surface area contributed by atoms with Gasteiger partial charge >= 0.3 is 0 Å². The predicted molar refractivity (Wildman–Crippen MR) is 119 cm³/mol. The van der Waals surface area contributed by atoms with Crippen molar-refractivity contribution < 1.29 is 22.4 Å². The normalized spacial score (nSPS) is 12.3. The van der Waals surface area contributed by atoms with Crippen LogP contribution in [0.5, 0.6) is 5.75 Å². The molecule has 1 heterocycles. The second kappa shape index (κ2) is 9.26. The molecular weight excluding hydrogens is 416 g/mol. The van der Waals surface area contributed by atoms with Crippen LogP contribution in [0, 0.1) is 13.8 Å². The number of carbonyl (C=O) groups excluding carboxylic acids is 1. The minimum Gasteiger partial charge on any atom is -0.497 e. The van der Waals surface area contributed by atoms with Gasteiger partial charge in [0.05, 0.1) is 29.3 Å². The number of rotatable bonds is 8. The molecule has 1 atom stereocenters. The van der Waals surface area contributed by atoms with Crippen molar-refractivity contribution >= 4 is 21.6 Å². The fourth-order valence-corrected chi connectivity index (χ4v) is 4.18. The van der Waals surface area contributed by atoms with Gasteiger partial charge < -0.3 is 14.5 Å². The zero-order valence-electron chi connectivity index (χ0n) is 17.9. The van der Waals surface area contributed by atoms with E-state index in [0.717, 1.165) is 11.3 Å². The number of benzene rings is 2. The van der Waals surface area contributed by atoms with Crippen LogP contribution in [0.25, 0.3) is 0 Å². The second-order valence-electron chi connectivity index (χ2n) is 7.21. The van der Waals surface area contributed by atoms with E-state index in [0.29, 0.717) is 17.9 Å². The highest BCUT2D eigenvalue weighted by atomic mass is 32.2. The summed E-state index contributed by atoms with van der Waals surface area (Å²) in [6.45, 7) is 5.63. The minimum absolute atomic E-state index is 0.109. The molecule has 164 valence electrons. The molecule has 0 spiro atoms. The highest BCUT2D eigenvalue weighted by molar-refractivity contribution is 7.92. The third-order valence-corrected chi connectivity index (χ3v) is 6.25. The molecule has 0 aliphatic rings. The van der Waals surface area contributed by atoms with Crippen molar-refractivity contribution in [2.75, 3.05) is 11.8 Å². The Labute approximate surface area is 182 Å². The van der Waals surface area contributed by atoms with Crippen LogP contribution in [0.4, 0.5) is 5.69 Å². The summed E-state index contributed by atoms with van der Waals surface area (Å²) in [5.41, 5.74) is 1.25. The smallest absolute Gasteiger partial charge is 0.261 e. The van der Waals surface area contributed by atoms with Gasteiger partial charge in [0.2, 0.25) is 0 Å². The molecule has 1 aromatic heterocycles. The van der Waals surface area contributed by atoms with E-state index in [1.807, 2.05) is 32.9 Å². The summed E-state index contributed by atoms with van der Waals surface area (Å²) in [6, 6.07) is 14.4. The number of aryl methyl sites for hydroxylation is 2. The first-order chi connectivity index (χ1) is 14.7. The van der Waals surface area contributed by atoms with E-state index in [9.17, 15) is 13.2 Å². The summed E-state index contributed by atoms with van der Waals surface area (Å²) in [5.74, 6) is 1.38. The lowest BCUT2D eigenvalue weighted by molar-refractivity contribution is 0.0930. The fraction of sp³-hybridized carbons (Fsp3) is 0.261. The summed E-state index contributed by atoms with van der Waals surface area (Å²) in [5, 5.41) is 2.91. The van der Waals surface area contributed by atoms with Crippen LogP contribution in [0.1, 0.15) is 46.8 Å². The van der Waals surface area contributed by atoms with Gasteiger partial charge in [-0.1, -0.05) is 24.6 Å². The summed E-state index contributed by atoms with van der Waals surface area (Å²) in [6.07, 6.45) is 0.604. The lowest BCUT2D eigenvalue weighted by Gasteiger charge is -2.18. The van der Waals surface area contributed by atoms with Gasteiger partial charge in [0.25, 0.3) is 15.9 Å². The zero-order chi connectivity index (χ0) is 22.6. The summed E-state index contributed by atoms with van der Waals surface area (Å²) < 4.78 is 39.1. The van der Waals surface area contributed by atoms with Crippen molar-refractivity contribution in [3.63, 3.8) is 0 Å². The molecule has 0 aliphatic carbocycles. The van der Waals surface area contributed by atoms with Crippen LogP contribution in [0.15, 0.2) is 63.9 Å².